The standard InChI is InChI=1S/C16H25NO4/c1-10-6-12(7-11(2)14(10)19)8-13(9-18)17-15(20)21-16(3,4)5/h6-7,13,18-19H,8-9H2,1-5H3,(H,17,20)/t13-/m0/s1. The lowest BCUT2D eigenvalue weighted by Crippen LogP contribution is -2.42. The number of nitrogens with one attached hydrogen (secondary N) is 1. The van der Waals surface area contributed by atoms with E-state index in [1.54, 1.807) is 20.8 Å². The maximum Gasteiger partial charge on any atom is 0.407 e. The number of aliphatic hydroxyl groups excluding tert-OH is 1. The number of amides is 1. The Kier molecular flexibility index (Phi) is 5.61. The largest absolute Gasteiger partial charge is 0.507 e. The van der Waals surface area contributed by atoms with Crippen LogP contribution in [0.3, 0.4) is 0 Å². The highest BCUT2D eigenvalue weighted by atomic mass is 16.6. The fourth-order valence-electron chi connectivity index (χ4n) is 2.08. The van der Waals surface area contributed by atoms with Gasteiger partial charge in [0.15, 0.2) is 0 Å². The number of benzene rings is 1. The van der Waals surface area contributed by atoms with Crippen LogP contribution in [0.25, 0.3) is 0 Å². The number of hydrogen-bond donors (Lipinski definition) is 3. The summed E-state index contributed by atoms with van der Waals surface area (Å²) >= 11 is 0. The predicted molar refractivity (Wildman–Crippen MR) is 81.5 cm³/mol. The van der Waals surface area contributed by atoms with Crippen LogP contribution < -0.4 is 5.32 Å². The van der Waals surface area contributed by atoms with Gasteiger partial charge >= 0.3 is 6.09 Å². The van der Waals surface area contributed by atoms with Gasteiger partial charge in [-0.25, -0.2) is 4.79 Å². The molecule has 0 unspecified atom stereocenters. The van der Waals surface area contributed by atoms with Crippen LogP contribution in [0.5, 0.6) is 5.75 Å². The zero-order valence-corrected chi connectivity index (χ0v) is 13.4. The Hall–Kier alpha value is -1.75. The zero-order valence-electron chi connectivity index (χ0n) is 13.4. The lowest BCUT2D eigenvalue weighted by molar-refractivity contribution is 0.0483. The molecule has 0 saturated heterocycles. The summed E-state index contributed by atoms with van der Waals surface area (Å²) in [4.78, 5) is 11.7. The Morgan fingerprint density at radius 1 is 1.29 bits per heavy atom. The first-order chi connectivity index (χ1) is 9.62. The summed E-state index contributed by atoms with van der Waals surface area (Å²) in [6, 6.07) is 3.27. The number of aryl methyl sites for hydroxylation is 2. The molecule has 5 nitrogen and oxygen atoms in total. The topological polar surface area (TPSA) is 78.8 Å². The van der Waals surface area contributed by atoms with Crippen LogP contribution in [0.15, 0.2) is 12.1 Å². The van der Waals surface area contributed by atoms with Crippen molar-refractivity contribution in [1.82, 2.24) is 5.32 Å². The number of alkyl carbamates (subject to hydrolysis) is 1. The van der Waals surface area contributed by atoms with Crippen molar-refractivity contribution in [3.63, 3.8) is 0 Å². The van der Waals surface area contributed by atoms with E-state index in [0.717, 1.165) is 16.7 Å². The van der Waals surface area contributed by atoms with Crippen LogP contribution in [-0.4, -0.2) is 34.6 Å². The molecule has 1 aromatic rings. The first-order valence-electron chi connectivity index (χ1n) is 7.02. The Balaban J connectivity index is 2.72. The minimum absolute atomic E-state index is 0.182. The molecule has 0 aliphatic carbocycles. The quantitative estimate of drug-likeness (QED) is 0.797. The Labute approximate surface area is 125 Å². The summed E-state index contributed by atoms with van der Waals surface area (Å²) in [7, 11) is 0. The number of phenols is 1. The van der Waals surface area contributed by atoms with Crippen LogP contribution in [0, 0.1) is 13.8 Å². The van der Waals surface area contributed by atoms with E-state index in [0.29, 0.717) is 6.42 Å². The van der Waals surface area contributed by atoms with Crippen molar-refractivity contribution >= 4 is 6.09 Å². The van der Waals surface area contributed by atoms with E-state index in [1.165, 1.54) is 0 Å². The third-order valence-corrected chi connectivity index (χ3v) is 2.97. The molecular formula is C16H25NO4. The van der Waals surface area contributed by atoms with Gasteiger partial charge in [0.05, 0.1) is 12.6 Å². The molecular weight excluding hydrogens is 270 g/mol. The van der Waals surface area contributed by atoms with Crippen molar-refractivity contribution < 1.29 is 19.7 Å². The number of carbonyl (C=O) groups excluding carboxylic acids is 1. The number of rotatable bonds is 4. The van der Waals surface area contributed by atoms with Gasteiger partial charge in [-0.15, -0.1) is 0 Å². The molecule has 1 atom stereocenters. The monoisotopic (exact) mass is 295 g/mol. The second kappa shape index (κ2) is 6.80. The molecule has 5 heteroatoms. The van der Waals surface area contributed by atoms with Crippen molar-refractivity contribution in [3.05, 3.63) is 28.8 Å². The lowest BCUT2D eigenvalue weighted by atomic mass is 10.0. The number of hydrogen-bond acceptors (Lipinski definition) is 4. The van der Waals surface area contributed by atoms with E-state index in [2.05, 4.69) is 5.32 Å². The van der Waals surface area contributed by atoms with E-state index >= 15 is 0 Å². The summed E-state index contributed by atoms with van der Waals surface area (Å²) < 4.78 is 5.17. The number of aromatic hydroxyl groups is 1. The molecule has 3 N–H and O–H groups in total. The first kappa shape index (κ1) is 17.3. The zero-order chi connectivity index (χ0) is 16.2. The van der Waals surface area contributed by atoms with E-state index in [4.69, 9.17) is 4.74 Å². The third kappa shape index (κ3) is 5.63. The number of phenolic OH excluding ortho intramolecular Hbond substituents is 1. The maximum absolute atomic E-state index is 11.7. The van der Waals surface area contributed by atoms with E-state index in [-0.39, 0.29) is 12.4 Å². The summed E-state index contributed by atoms with van der Waals surface area (Å²) in [5.74, 6) is 0.277. The average molecular weight is 295 g/mol. The highest BCUT2D eigenvalue weighted by molar-refractivity contribution is 5.68. The van der Waals surface area contributed by atoms with Crippen molar-refractivity contribution in [2.75, 3.05) is 6.61 Å². The van der Waals surface area contributed by atoms with Crippen LogP contribution in [0.1, 0.15) is 37.5 Å². The lowest BCUT2D eigenvalue weighted by Gasteiger charge is -2.23. The fourth-order valence-corrected chi connectivity index (χ4v) is 2.08. The van der Waals surface area contributed by atoms with Gasteiger partial charge < -0.3 is 20.3 Å². The minimum atomic E-state index is -0.574. The predicted octanol–water partition coefficient (Wildman–Crippen LogP) is 2.44. The maximum atomic E-state index is 11.7. The molecule has 1 amide bonds. The Morgan fingerprint density at radius 3 is 2.24 bits per heavy atom. The van der Waals surface area contributed by atoms with Gasteiger partial charge in [0.25, 0.3) is 0 Å². The summed E-state index contributed by atoms with van der Waals surface area (Å²) in [6.45, 7) is 8.81. The highest BCUT2D eigenvalue weighted by Crippen LogP contribution is 2.23. The molecule has 0 heterocycles. The van der Waals surface area contributed by atoms with E-state index in [9.17, 15) is 15.0 Å². The van der Waals surface area contributed by atoms with E-state index < -0.39 is 17.7 Å². The van der Waals surface area contributed by atoms with Crippen LogP contribution >= 0.6 is 0 Å². The van der Waals surface area contributed by atoms with Crippen LogP contribution in [-0.2, 0) is 11.2 Å². The molecule has 0 fully saturated rings. The minimum Gasteiger partial charge on any atom is -0.507 e. The summed E-state index contributed by atoms with van der Waals surface area (Å²) in [5, 5.41) is 21.8. The van der Waals surface area contributed by atoms with Crippen LogP contribution in [0.2, 0.25) is 0 Å². The molecule has 0 aliphatic rings. The second-order valence-corrected chi connectivity index (χ2v) is 6.31. The third-order valence-electron chi connectivity index (χ3n) is 2.97. The van der Waals surface area contributed by atoms with Crippen molar-refractivity contribution in [2.45, 2.75) is 52.7 Å². The molecule has 0 aromatic heterocycles. The van der Waals surface area contributed by atoms with Gasteiger partial charge in [-0.05, 0) is 57.7 Å². The van der Waals surface area contributed by atoms with Gasteiger partial charge in [0.1, 0.15) is 11.4 Å². The molecule has 0 aliphatic heterocycles. The van der Waals surface area contributed by atoms with Gasteiger partial charge in [-0.3, -0.25) is 0 Å². The average Bonchev–Trinajstić information content (AvgIpc) is 2.32. The smallest absolute Gasteiger partial charge is 0.407 e. The van der Waals surface area contributed by atoms with Gasteiger partial charge in [0, 0.05) is 0 Å². The molecule has 1 aromatic carbocycles. The summed E-state index contributed by atoms with van der Waals surface area (Å²) in [5.41, 5.74) is 1.92. The fraction of sp³-hybridized carbons (Fsp3) is 0.562. The number of aliphatic hydroxyl groups is 1. The number of ether oxygens (including phenoxy) is 1. The normalized spacial score (nSPS) is 12.9. The first-order valence-corrected chi connectivity index (χ1v) is 7.02. The Bertz CT molecular complexity index is 482. The van der Waals surface area contributed by atoms with Crippen molar-refractivity contribution in [2.24, 2.45) is 0 Å². The second-order valence-electron chi connectivity index (χ2n) is 6.31. The molecule has 1 rings (SSSR count). The molecule has 0 spiro atoms. The van der Waals surface area contributed by atoms with Gasteiger partial charge in [0.2, 0.25) is 0 Å². The van der Waals surface area contributed by atoms with Gasteiger partial charge in [-0.2, -0.15) is 0 Å². The number of carbonyl (C=O) groups is 1. The molecule has 0 radical (unpaired) electrons. The van der Waals surface area contributed by atoms with E-state index in [1.807, 2.05) is 26.0 Å². The van der Waals surface area contributed by atoms with Crippen LogP contribution in [0.4, 0.5) is 4.79 Å². The van der Waals surface area contributed by atoms with Crippen molar-refractivity contribution in [3.8, 4) is 5.75 Å². The van der Waals surface area contributed by atoms with Gasteiger partial charge in [-0.1, -0.05) is 12.1 Å². The molecule has 21 heavy (non-hydrogen) atoms. The molecule has 118 valence electrons. The Morgan fingerprint density at radius 2 is 1.81 bits per heavy atom. The summed E-state index contributed by atoms with van der Waals surface area (Å²) in [6.07, 6.45) is -0.0775. The molecule has 0 bridgehead atoms. The highest BCUT2D eigenvalue weighted by Gasteiger charge is 2.19. The SMILES string of the molecule is Cc1cc(C[C@@H](CO)NC(=O)OC(C)(C)C)cc(C)c1O. The van der Waals surface area contributed by atoms with Crippen molar-refractivity contribution in [1.29, 1.82) is 0 Å². The molecule has 0 saturated carbocycles.